The molecular formula is C13H18N4S. The zero-order valence-electron chi connectivity index (χ0n) is 10.9. The van der Waals surface area contributed by atoms with Gasteiger partial charge < -0.3 is 10.2 Å². The highest BCUT2D eigenvalue weighted by Gasteiger charge is 2.13. The van der Waals surface area contributed by atoms with Crippen molar-refractivity contribution in [3.05, 3.63) is 34.7 Å². The summed E-state index contributed by atoms with van der Waals surface area (Å²) in [5.74, 6) is 1.60. The van der Waals surface area contributed by atoms with Crippen molar-refractivity contribution < 1.29 is 0 Å². The summed E-state index contributed by atoms with van der Waals surface area (Å²) in [6.45, 7) is 2.21. The molecule has 18 heavy (non-hydrogen) atoms. The molecule has 0 spiro atoms. The van der Waals surface area contributed by atoms with Crippen LogP contribution in [0.1, 0.15) is 11.8 Å². The van der Waals surface area contributed by atoms with E-state index in [0.29, 0.717) is 12.0 Å². The maximum Gasteiger partial charge on any atom is 0.224 e. The van der Waals surface area contributed by atoms with Crippen molar-refractivity contribution in [3.8, 4) is 0 Å². The van der Waals surface area contributed by atoms with Gasteiger partial charge in [-0.2, -0.15) is 4.98 Å². The van der Waals surface area contributed by atoms with Crippen LogP contribution in [0.25, 0.3) is 0 Å². The summed E-state index contributed by atoms with van der Waals surface area (Å²) in [4.78, 5) is 12.2. The van der Waals surface area contributed by atoms with Crippen molar-refractivity contribution >= 4 is 23.1 Å². The first-order valence-electron chi connectivity index (χ1n) is 5.96. The van der Waals surface area contributed by atoms with Gasteiger partial charge in [-0.25, -0.2) is 4.98 Å². The summed E-state index contributed by atoms with van der Waals surface area (Å²) in [5.41, 5.74) is 0. The van der Waals surface area contributed by atoms with Gasteiger partial charge in [0.2, 0.25) is 5.95 Å². The molecule has 1 atom stereocenters. The van der Waals surface area contributed by atoms with Gasteiger partial charge in [0.15, 0.2) is 0 Å². The lowest BCUT2D eigenvalue weighted by Crippen LogP contribution is -2.31. The highest BCUT2D eigenvalue weighted by Crippen LogP contribution is 2.18. The van der Waals surface area contributed by atoms with Crippen molar-refractivity contribution in [1.29, 1.82) is 0 Å². The number of anilines is 2. The molecule has 0 aliphatic heterocycles. The van der Waals surface area contributed by atoms with E-state index < -0.39 is 0 Å². The molecule has 4 nitrogen and oxygen atoms in total. The maximum atomic E-state index is 4.45. The van der Waals surface area contributed by atoms with Crippen LogP contribution in [0.15, 0.2) is 29.8 Å². The van der Waals surface area contributed by atoms with E-state index in [1.54, 1.807) is 17.5 Å². The summed E-state index contributed by atoms with van der Waals surface area (Å²) >= 11 is 1.80. The molecule has 1 unspecified atom stereocenters. The summed E-state index contributed by atoms with van der Waals surface area (Å²) < 4.78 is 0. The van der Waals surface area contributed by atoms with E-state index in [-0.39, 0.29) is 0 Å². The minimum atomic E-state index is 0.406. The van der Waals surface area contributed by atoms with Crippen LogP contribution in [0.2, 0.25) is 0 Å². The first-order valence-corrected chi connectivity index (χ1v) is 6.84. The van der Waals surface area contributed by atoms with Crippen LogP contribution in [-0.2, 0) is 6.42 Å². The average molecular weight is 262 g/mol. The standard InChI is InChI=1S/C13H18N4S/c1-10(9-11-5-4-8-18-11)17(3)12-6-7-15-13(14-2)16-12/h4-8,10H,9H2,1-3H3,(H,14,15,16). The Morgan fingerprint density at radius 1 is 1.44 bits per heavy atom. The number of thiophene rings is 1. The lowest BCUT2D eigenvalue weighted by molar-refractivity contribution is 0.680. The third-order valence-electron chi connectivity index (χ3n) is 2.96. The lowest BCUT2D eigenvalue weighted by Gasteiger charge is -2.25. The highest BCUT2D eigenvalue weighted by molar-refractivity contribution is 7.09. The quantitative estimate of drug-likeness (QED) is 0.899. The van der Waals surface area contributed by atoms with E-state index in [1.165, 1.54) is 4.88 Å². The molecule has 0 saturated carbocycles. The van der Waals surface area contributed by atoms with Crippen molar-refractivity contribution in [2.24, 2.45) is 0 Å². The molecule has 0 fully saturated rings. The fourth-order valence-electron chi connectivity index (χ4n) is 1.75. The van der Waals surface area contributed by atoms with Crippen LogP contribution in [0, 0.1) is 0 Å². The first kappa shape index (κ1) is 12.8. The van der Waals surface area contributed by atoms with E-state index in [9.17, 15) is 0 Å². The van der Waals surface area contributed by atoms with E-state index in [2.05, 4.69) is 51.7 Å². The predicted octanol–water partition coefficient (Wildman–Crippen LogP) is 2.65. The Morgan fingerprint density at radius 3 is 2.94 bits per heavy atom. The molecule has 2 aromatic rings. The number of nitrogens with zero attached hydrogens (tertiary/aromatic N) is 3. The molecule has 0 aliphatic rings. The van der Waals surface area contributed by atoms with E-state index in [1.807, 2.05) is 13.1 Å². The monoisotopic (exact) mass is 262 g/mol. The molecule has 0 radical (unpaired) electrons. The predicted molar refractivity (Wildman–Crippen MR) is 77.5 cm³/mol. The Hall–Kier alpha value is -1.62. The second kappa shape index (κ2) is 5.82. The van der Waals surface area contributed by atoms with E-state index >= 15 is 0 Å². The van der Waals surface area contributed by atoms with Crippen LogP contribution < -0.4 is 10.2 Å². The van der Waals surface area contributed by atoms with Gasteiger partial charge in [-0.15, -0.1) is 11.3 Å². The normalized spacial score (nSPS) is 12.2. The molecule has 0 amide bonds. The third-order valence-corrected chi connectivity index (χ3v) is 3.86. The zero-order valence-corrected chi connectivity index (χ0v) is 11.7. The molecule has 0 bridgehead atoms. The van der Waals surface area contributed by atoms with Gasteiger partial charge in [-0.3, -0.25) is 0 Å². The summed E-state index contributed by atoms with van der Waals surface area (Å²) in [6, 6.07) is 6.61. The number of nitrogens with one attached hydrogen (secondary N) is 1. The fourth-order valence-corrected chi connectivity index (χ4v) is 2.58. The van der Waals surface area contributed by atoms with Gasteiger partial charge in [-0.1, -0.05) is 6.07 Å². The molecule has 96 valence electrons. The minimum Gasteiger partial charge on any atom is -0.357 e. The molecule has 0 aromatic carbocycles. The fraction of sp³-hybridized carbons (Fsp3) is 0.385. The van der Waals surface area contributed by atoms with Crippen LogP contribution in [0.5, 0.6) is 0 Å². The van der Waals surface area contributed by atoms with Crippen molar-refractivity contribution in [3.63, 3.8) is 0 Å². The van der Waals surface area contributed by atoms with Crippen molar-refractivity contribution in [2.75, 3.05) is 24.3 Å². The highest BCUT2D eigenvalue weighted by atomic mass is 32.1. The first-order chi connectivity index (χ1) is 8.70. The third kappa shape index (κ3) is 2.98. The van der Waals surface area contributed by atoms with E-state index in [0.717, 1.165) is 12.2 Å². The lowest BCUT2D eigenvalue weighted by atomic mass is 10.2. The topological polar surface area (TPSA) is 41.1 Å². The van der Waals surface area contributed by atoms with Crippen LogP contribution in [0.4, 0.5) is 11.8 Å². The summed E-state index contributed by atoms with van der Waals surface area (Å²) in [6.07, 6.45) is 2.82. The Bertz CT molecular complexity index is 483. The Balaban J connectivity index is 2.07. The average Bonchev–Trinajstić information content (AvgIpc) is 2.90. The second-order valence-corrected chi connectivity index (χ2v) is 5.26. The molecule has 2 aromatic heterocycles. The van der Waals surface area contributed by atoms with Gasteiger partial charge in [0.05, 0.1) is 0 Å². The van der Waals surface area contributed by atoms with Crippen LogP contribution >= 0.6 is 11.3 Å². The Kier molecular flexibility index (Phi) is 4.15. The maximum absolute atomic E-state index is 4.45. The number of aromatic nitrogens is 2. The Labute approximate surface area is 112 Å². The van der Waals surface area contributed by atoms with Gasteiger partial charge in [0, 0.05) is 37.6 Å². The molecule has 5 heteroatoms. The zero-order chi connectivity index (χ0) is 13.0. The largest absolute Gasteiger partial charge is 0.357 e. The van der Waals surface area contributed by atoms with Gasteiger partial charge in [0.25, 0.3) is 0 Å². The smallest absolute Gasteiger partial charge is 0.224 e. The summed E-state index contributed by atoms with van der Waals surface area (Å²) in [5, 5.41) is 5.08. The number of likely N-dealkylation sites (N-methyl/N-ethyl adjacent to an activating group) is 1. The second-order valence-electron chi connectivity index (χ2n) is 4.23. The van der Waals surface area contributed by atoms with Crippen molar-refractivity contribution in [1.82, 2.24) is 9.97 Å². The summed E-state index contributed by atoms with van der Waals surface area (Å²) in [7, 11) is 3.90. The molecule has 2 rings (SSSR count). The minimum absolute atomic E-state index is 0.406. The molecule has 0 saturated heterocycles. The van der Waals surface area contributed by atoms with E-state index in [4.69, 9.17) is 0 Å². The molecule has 2 heterocycles. The number of rotatable bonds is 5. The van der Waals surface area contributed by atoms with Crippen LogP contribution in [0.3, 0.4) is 0 Å². The van der Waals surface area contributed by atoms with Crippen molar-refractivity contribution in [2.45, 2.75) is 19.4 Å². The Morgan fingerprint density at radius 2 is 2.28 bits per heavy atom. The molecule has 0 aliphatic carbocycles. The van der Waals surface area contributed by atoms with Gasteiger partial charge in [-0.05, 0) is 24.4 Å². The van der Waals surface area contributed by atoms with Gasteiger partial charge >= 0.3 is 0 Å². The molecule has 1 N–H and O–H groups in total. The SMILES string of the molecule is CNc1nccc(N(C)C(C)Cc2cccs2)n1. The number of hydrogen-bond acceptors (Lipinski definition) is 5. The number of hydrogen-bond donors (Lipinski definition) is 1. The molecular weight excluding hydrogens is 244 g/mol. The van der Waals surface area contributed by atoms with Crippen LogP contribution in [-0.4, -0.2) is 30.1 Å². The van der Waals surface area contributed by atoms with Gasteiger partial charge in [0.1, 0.15) is 5.82 Å².